The third-order valence-corrected chi connectivity index (χ3v) is 3.27. The molecule has 0 spiro atoms. The lowest BCUT2D eigenvalue weighted by molar-refractivity contribution is -0.122. The second-order valence-corrected chi connectivity index (χ2v) is 5.43. The molecule has 0 radical (unpaired) electrons. The highest BCUT2D eigenvalue weighted by atomic mass is 16.2. The molecule has 0 aliphatic heterocycles. The van der Waals surface area contributed by atoms with Gasteiger partial charge in [-0.25, -0.2) is 4.98 Å². The Balaban J connectivity index is 2.17. The first-order chi connectivity index (χ1) is 10.5. The summed E-state index contributed by atoms with van der Waals surface area (Å²) >= 11 is 0. The Morgan fingerprint density at radius 2 is 1.91 bits per heavy atom. The molecule has 1 aromatic carbocycles. The number of para-hydroxylation sites is 1. The Morgan fingerprint density at radius 3 is 2.59 bits per heavy atom. The van der Waals surface area contributed by atoms with E-state index in [2.05, 4.69) is 10.3 Å². The van der Waals surface area contributed by atoms with Crippen molar-refractivity contribution < 1.29 is 9.59 Å². The molecule has 0 saturated heterocycles. The van der Waals surface area contributed by atoms with Crippen molar-refractivity contribution in [1.29, 1.82) is 0 Å². The van der Waals surface area contributed by atoms with Gasteiger partial charge in [-0.2, -0.15) is 0 Å². The zero-order valence-corrected chi connectivity index (χ0v) is 13.2. The minimum atomic E-state index is -0.229. The topological polar surface area (TPSA) is 62.3 Å². The number of nitrogens with zero attached hydrogens (tertiary/aromatic N) is 2. The van der Waals surface area contributed by atoms with Gasteiger partial charge in [0.1, 0.15) is 5.69 Å². The highest BCUT2D eigenvalue weighted by molar-refractivity contribution is 5.96. The second-order valence-electron chi connectivity index (χ2n) is 5.43. The highest BCUT2D eigenvalue weighted by Gasteiger charge is 2.19. The van der Waals surface area contributed by atoms with Crippen LogP contribution < -0.4 is 5.32 Å². The van der Waals surface area contributed by atoms with Gasteiger partial charge < -0.3 is 10.2 Å². The summed E-state index contributed by atoms with van der Waals surface area (Å²) in [6, 6.07) is 11.3. The maximum atomic E-state index is 12.5. The highest BCUT2D eigenvalue weighted by Crippen LogP contribution is 2.13. The van der Waals surface area contributed by atoms with Gasteiger partial charge in [0, 0.05) is 18.0 Å². The fraction of sp³-hybridized carbons (Fsp3) is 0.353. The van der Waals surface area contributed by atoms with E-state index in [1.54, 1.807) is 6.07 Å². The summed E-state index contributed by atoms with van der Waals surface area (Å²) in [5.74, 6) is -0.391. The molecular weight excluding hydrogens is 278 g/mol. The second kappa shape index (κ2) is 7.02. The lowest BCUT2D eigenvalue weighted by atomic mass is 10.2. The number of likely N-dealkylation sites (N-methyl/N-ethyl adjacent to an activating group) is 1. The van der Waals surface area contributed by atoms with Crippen molar-refractivity contribution in [3.8, 4) is 0 Å². The van der Waals surface area contributed by atoms with Gasteiger partial charge in [0.2, 0.25) is 5.91 Å². The summed E-state index contributed by atoms with van der Waals surface area (Å²) in [5, 5.41) is 3.78. The maximum Gasteiger partial charge on any atom is 0.272 e. The van der Waals surface area contributed by atoms with Crippen molar-refractivity contribution >= 4 is 22.7 Å². The fourth-order valence-electron chi connectivity index (χ4n) is 2.22. The van der Waals surface area contributed by atoms with Crippen LogP contribution in [-0.2, 0) is 4.79 Å². The summed E-state index contributed by atoms with van der Waals surface area (Å²) in [5.41, 5.74) is 1.13. The molecule has 0 atom stereocenters. The smallest absolute Gasteiger partial charge is 0.272 e. The molecule has 0 unspecified atom stereocenters. The number of rotatable bonds is 5. The molecule has 0 aliphatic carbocycles. The van der Waals surface area contributed by atoms with Gasteiger partial charge in [-0.1, -0.05) is 24.3 Å². The van der Waals surface area contributed by atoms with Crippen LogP contribution >= 0.6 is 0 Å². The van der Waals surface area contributed by atoms with Crippen molar-refractivity contribution in [2.24, 2.45) is 0 Å². The van der Waals surface area contributed by atoms with Gasteiger partial charge in [-0.15, -0.1) is 0 Å². The van der Waals surface area contributed by atoms with E-state index in [-0.39, 0.29) is 24.4 Å². The average Bonchev–Trinajstić information content (AvgIpc) is 2.50. The molecule has 2 aromatic rings. The first kappa shape index (κ1) is 15.9. The van der Waals surface area contributed by atoms with Gasteiger partial charge >= 0.3 is 0 Å². The average molecular weight is 299 g/mol. The lowest BCUT2D eigenvalue weighted by Crippen LogP contribution is -2.42. The van der Waals surface area contributed by atoms with E-state index in [0.717, 1.165) is 10.9 Å². The van der Waals surface area contributed by atoms with E-state index >= 15 is 0 Å². The SMILES string of the molecule is CCN(CC(=O)NC(C)C)C(=O)c1ccc2ccccc2n1. The number of fused-ring (bicyclic) bond motifs is 1. The minimum absolute atomic E-state index is 0.0437. The monoisotopic (exact) mass is 299 g/mol. The Kier molecular flexibility index (Phi) is 5.09. The van der Waals surface area contributed by atoms with E-state index in [0.29, 0.717) is 12.2 Å². The molecule has 5 nitrogen and oxygen atoms in total. The molecule has 0 saturated carbocycles. The van der Waals surface area contributed by atoms with Crippen molar-refractivity contribution in [3.63, 3.8) is 0 Å². The van der Waals surface area contributed by atoms with Crippen molar-refractivity contribution in [1.82, 2.24) is 15.2 Å². The van der Waals surface area contributed by atoms with Gasteiger partial charge in [0.05, 0.1) is 12.1 Å². The Morgan fingerprint density at radius 1 is 1.18 bits per heavy atom. The Labute approximate surface area is 130 Å². The molecule has 1 N–H and O–H groups in total. The Bertz CT molecular complexity index is 682. The number of nitrogens with one attached hydrogen (secondary N) is 1. The molecule has 0 bridgehead atoms. The molecule has 2 amide bonds. The number of hydrogen-bond acceptors (Lipinski definition) is 3. The quantitative estimate of drug-likeness (QED) is 0.921. The molecule has 1 heterocycles. The van der Waals surface area contributed by atoms with Gasteiger partial charge in [-0.3, -0.25) is 9.59 Å². The summed E-state index contributed by atoms with van der Waals surface area (Å²) in [6.45, 7) is 6.13. The van der Waals surface area contributed by atoms with Crippen molar-refractivity contribution in [2.45, 2.75) is 26.8 Å². The van der Waals surface area contributed by atoms with Crippen LogP contribution in [0, 0.1) is 0 Å². The molecule has 116 valence electrons. The molecule has 2 rings (SSSR count). The number of pyridine rings is 1. The predicted octanol–water partition coefficient (Wildman–Crippen LogP) is 2.22. The first-order valence-electron chi connectivity index (χ1n) is 7.45. The van der Waals surface area contributed by atoms with Crippen LogP contribution in [0.25, 0.3) is 10.9 Å². The number of carbonyl (C=O) groups excluding carboxylic acids is 2. The molecule has 0 fully saturated rings. The van der Waals surface area contributed by atoms with Crippen LogP contribution in [0.1, 0.15) is 31.3 Å². The third-order valence-electron chi connectivity index (χ3n) is 3.27. The van der Waals surface area contributed by atoms with Crippen molar-refractivity contribution in [2.75, 3.05) is 13.1 Å². The molecule has 22 heavy (non-hydrogen) atoms. The normalized spacial score (nSPS) is 10.7. The maximum absolute atomic E-state index is 12.5. The Hall–Kier alpha value is -2.43. The van der Waals surface area contributed by atoms with Gasteiger partial charge in [0.15, 0.2) is 0 Å². The van der Waals surface area contributed by atoms with Crippen LogP contribution in [0.2, 0.25) is 0 Å². The van der Waals surface area contributed by atoms with Gasteiger partial charge in [-0.05, 0) is 32.9 Å². The summed E-state index contributed by atoms with van der Waals surface area (Å²) in [7, 11) is 0. The van der Waals surface area contributed by atoms with Crippen LogP contribution in [0.15, 0.2) is 36.4 Å². The van der Waals surface area contributed by atoms with E-state index in [1.165, 1.54) is 4.90 Å². The van der Waals surface area contributed by atoms with Crippen LogP contribution in [-0.4, -0.2) is 40.8 Å². The van der Waals surface area contributed by atoms with Crippen molar-refractivity contribution in [3.05, 3.63) is 42.1 Å². The lowest BCUT2D eigenvalue weighted by Gasteiger charge is -2.20. The number of amides is 2. The zero-order valence-electron chi connectivity index (χ0n) is 13.2. The summed E-state index contributed by atoms with van der Waals surface area (Å²) in [6.07, 6.45) is 0. The number of aromatic nitrogens is 1. The first-order valence-corrected chi connectivity index (χ1v) is 7.45. The van der Waals surface area contributed by atoms with E-state index in [4.69, 9.17) is 0 Å². The molecular formula is C17H21N3O2. The number of hydrogen-bond donors (Lipinski definition) is 1. The van der Waals surface area contributed by atoms with E-state index in [9.17, 15) is 9.59 Å². The summed E-state index contributed by atoms with van der Waals surface area (Å²) in [4.78, 5) is 30.3. The third kappa shape index (κ3) is 3.81. The zero-order chi connectivity index (χ0) is 16.1. The molecule has 0 aliphatic rings. The standard InChI is InChI=1S/C17H21N3O2/c1-4-20(11-16(21)18-12(2)3)17(22)15-10-9-13-7-5-6-8-14(13)19-15/h5-10,12H,4,11H2,1-3H3,(H,18,21). The van der Waals surface area contributed by atoms with Crippen LogP contribution in [0.4, 0.5) is 0 Å². The van der Waals surface area contributed by atoms with E-state index < -0.39 is 0 Å². The van der Waals surface area contributed by atoms with Crippen LogP contribution in [0.3, 0.4) is 0 Å². The predicted molar refractivity (Wildman–Crippen MR) is 86.6 cm³/mol. The minimum Gasteiger partial charge on any atom is -0.352 e. The largest absolute Gasteiger partial charge is 0.352 e. The van der Waals surface area contributed by atoms with Crippen LogP contribution in [0.5, 0.6) is 0 Å². The molecule has 5 heteroatoms. The molecule has 1 aromatic heterocycles. The summed E-state index contributed by atoms with van der Waals surface area (Å²) < 4.78 is 0. The van der Waals surface area contributed by atoms with Gasteiger partial charge in [0.25, 0.3) is 5.91 Å². The fourth-order valence-corrected chi connectivity index (χ4v) is 2.22. The number of carbonyl (C=O) groups is 2. The van der Waals surface area contributed by atoms with E-state index in [1.807, 2.05) is 51.1 Å². The number of benzene rings is 1.